The zero-order chi connectivity index (χ0) is 19.2. The zero-order valence-corrected chi connectivity index (χ0v) is 15.1. The number of anilines is 1. The summed E-state index contributed by atoms with van der Waals surface area (Å²) in [5, 5.41) is 2.83. The van der Waals surface area contributed by atoms with E-state index in [1.54, 1.807) is 61.7 Å². The highest BCUT2D eigenvalue weighted by Crippen LogP contribution is 2.30. The Morgan fingerprint density at radius 1 is 0.852 bits per heavy atom. The monoisotopic (exact) mass is 361 g/mol. The first kappa shape index (κ1) is 18.2. The predicted molar refractivity (Wildman–Crippen MR) is 104 cm³/mol. The largest absolute Gasteiger partial charge is 0.497 e. The minimum atomic E-state index is -0.184. The van der Waals surface area contributed by atoms with E-state index in [1.165, 1.54) is 6.92 Å². The van der Waals surface area contributed by atoms with Gasteiger partial charge in [-0.3, -0.25) is 9.59 Å². The van der Waals surface area contributed by atoms with E-state index in [0.29, 0.717) is 34.1 Å². The van der Waals surface area contributed by atoms with Gasteiger partial charge in [-0.05, 0) is 55.5 Å². The van der Waals surface area contributed by atoms with Gasteiger partial charge in [0.05, 0.1) is 12.7 Å². The second kappa shape index (κ2) is 8.19. The van der Waals surface area contributed by atoms with Crippen molar-refractivity contribution < 1.29 is 19.1 Å². The molecule has 0 bridgehead atoms. The van der Waals surface area contributed by atoms with E-state index in [0.717, 1.165) is 0 Å². The summed E-state index contributed by atoms with van der Waals surface area (Å²) in [7, 11) is 1.55. The van der Waals surface area contributed by atoms with Gasteiger partial charge in [0.25, 0.3) is 5.91 Å². The summed E-state index contributed by atoms with van der Waals surface area (Å²) >= 11 is 0. The molecule has 3 aromatic carbocycles. The summed E-state index contributed by atoms with van der Waals surface area (Å²) in [5.41, 5.74) is 1.70. The van der Waals surface area contributed by atoms with Crippen LogP contribution in [0.25, 0.3) is 0 Å². The lowest BCUT2D eigenvalue weighted by molar-refractivity contribution is 0.101. The van der Waals surface area contributed by atoms with E-state index in [9.17, 15) is 9.59 Å². The fourth-order valence-corrected chi connectivity index (χ4v) is 2.53. The number of nitrogens with one attached hydrogen (secondary N) is 1. The highest BCUT2D eigenvalue weighted by Gasteiger charge is 2.11. The molecule has 0 atom stereocenters. The average molecular weight is 361 g/mol. The van der Waals surface area contributed by atoms with Crippen LogP contribution >= 0.6 is 0 Å². The quantitative estimate of drug-likeness (QED) is 0.632. The van der Waals surface area contributed by atoms with Crippen LogP contribution in [0.2, 0.25) is 0 Å². The number of Topliss-reactive ketones (excluding diaryl/α,β-unsaturated/α-hetero) is 1. The van der Waals surface area contributed by atoms with Crippen LogP contribution < -0.4 is 14.8 Å². The molecular weight excluding hydrogens is 342 g/mol. The van der Waals surface area contributed by atoms with Gasteiger partial charge >= 0.3 is 0 Å². The average Bonchev–Trinajstić information content (AvgIpc) is 2.69. The van der Waals surface area contributed by atoms with Gasteiger partial charge in [-0.25, -0.2) is 0 Å². The smallest absolute Gasteiger partial charge is 0.255 e. The number of ketones is 1. The molecule has 27 heavy (non-hydrogen) atoms. The van der Waals surface area contributed by atoms with Gasteiger partial charge in [-0.2, -0.15) is 0 Å². The standard InChI is InChI=1S/C22H19NO4/c1-15(24)20-13-12-19(26-2)14-21(20)27-18-10-8-17(9-11-18)23-22(25)16-6-4-3-5-7-16/h3-14H,1-2H3,(H,23,25). The van der Waals surface area contributed by atoms with E-state index in [2.05, 4.69) is 5.32 Å². The molecule has 0 aromatic heterocycles. The second-order valence-electron chi connectivity index (χ2n) is 5.86. The molecule has 1 N–H and O–H groups in total. The maximum Gasteiger partial charge on any atom is 0.255 e. The van der Waals surface area contributed by atoms with Crippen LogP contribution in [-0.2, 0) is 0 Å². The number of methoxy groups -OCH3 is 1. The molecule has 0 saturated heterocycles. The van der Waals surface area contributed by atoms with Gasteiger partial charge in [-0.1, -0.05) is 18.2 Å². The molecular formula is C22H19NO4. The van der Waals surface area contributed by atoms with Gasteiger partial charge in [0.1, 0.15) is 17.2 Å². The van der Waals surface area contributed by atoms with Crippen molar-refractivity contribution in [1.82, 2.24) is 0 Å². The van der Waals surface area contributed by atoms with Crippen LogP contribution in [-0.4, -0.2) is 18.8 Å². The lowest BCUT2D eigenvalue weighted by atomic mass is 10.1. The van der Waals surface area contributed by atoms with E-state index >= 15 is 0 Å². The first-order valence-electron chi connectivity index (χ1n) is 8.40. The molecule has 0 heterocycles. The number of ether oxygens (including phenoxy) is 2. The number of hydrogen-bond acceptors (Lipinski definition) is 4. The van der Waals surface area contributed by atoms with Crippen molar-refractivity contribution in [1.29, 1.82) is 0 Å². The first-order valence-corrected chi connectivity index (χ1v) is 8.40. The van der Waals surface area contributed by atoms with Gasteiger partial charge < -0.3 is 14.8 Å². The molecule has 0 radical (unpaired) electrons. The molecule has 5 heteroatoms. The molecule has 0 aliphatic rings. The molecule has 3 aromatic rings. The topological polar surface area (TPSA) is 64.6 Å². The van der Waals surface area contributed by atoms with Gasteiger partial charge in [0.15, 0.2) is 5.78 Å². The van der Waals surface area contributed by atoms with E-state index in [4.69, 9.17) is 9.47 Å². The summed E-state index contributed by atoms with van der Waals surface area (Å²) < 4.78 is 11.0. The van der Waals surface area contributed by atoms with Crippen molar-refractivity contribution in [3.05, 3.63) is 83.9 Å². The summed E-state index contributed by atoms with van der Waals surface area (Å²) in [5.74, 6) is 1.28. The SMILES string of the molecule is COc1ccc(C(C)=O)c(Oc2ccc(NC(=O)c3ccccc3)cc2)c1. The molecule has 5 nitrogen and oxygen atoms in total. The summed E-state index contributed by atoms with van der Waals surface area (Å²) in [6, 6.07) is 21.0. The first-order chi connectivity index (χ1) is 13.1. The lowest BCUT2D eigenvalue weighted by Gasteiger charge is -2.12. The third-order valence-corrected chi connectivity index (χ3v) is 3.94. The van der Waals surface area contributed by atoms with E-state index in [1.807, 2.05) is 18.2 Å². The van der Waals surface area contributed by atoms with Gasteiger partial charge in [0.2, 0.25) is 0 Å². The molecule has 0 aliphatic heterocycles. The van der Waals surface area contributed by atoms with Crippen molar-refractivity contribution in [2.24, 2.45) is 0 Å². The Bertz CT molecular complexity index is 950. The van der Waals surface area contributed by atoms with E-state index in [-0.39, 0.29) is 11.7 Å². The van der Waals surface area contributed by atoms with Crippen LogP contribution in [0.4, 0.5) is 5.69 Å². The van der Waals surface area contributed by atoms with Crippen LogP contribution in [0, 0.1) is 0 Å². The van der Waals surface area contributed by atoms with Crippen molar-refractivity contribution in [3.8, 4) is 17.2 Å². The third-order valence-electron chi connectivity index (χ3n) is 3.94. The Labute approximate surface area is 157 Å². The Kier molecular flexibility index (Phi) is 5.52. The van der Waals surface area contributed by atoms with Crippen LogP contribution in [0.3, 0.4) is 0 Å². The highest BCUT2D eigenvalue weighted by molar-refractivity contribution is 6.04. The summed E-state index contributed by atoms with van der Waals surface area (Å²) in [4.78, 5) is 24.0. The summed E-state index contributed by atoms with van der Waals surface area (Å²) in [6.45, 7) is 1.48. The minimum Gasteiger partial charge on any atom is -0.497 e. The number of hydrogen-bond donors (Lipinski definition) is 1. The van der Waals surface area contributed by atoms with Crippen LogP contribution in [0.5, 0.6) is 17.2 Å². The Hall–Kier alpha value is -3.60. The Morgan fingerprint density at radius 3 is 2.15 bits per heavy atom. The minimum absolute atomic E-state index is 0.0978. The predicted octanol–water partition coefficient (Wildman–Crippen LogP) is 4.94. The molecule has 0 aliphatic carbocycles. The number of rotatable bonds is 6. The maximum atomic E-state index is 12.2. The number of amides is 1. The molecule has 136 valence electrons. The fourth-order valence-electron chi connectivity index (χ4n) is 2.53. The van der Waals surface area contributed by atoms with Crippen molar-refractivity contribution >= 4 is 17.4 Å². The third kappa shape index (κ3) is 4.52. The summed E-state index contributed by atoms with van der Waals surface area (Å²) in [6.07, 6.45) is 0. The van der Waals surface area contributed by atoms with Gasteiger partial charge in [0, 0.05) is 17.3 Å². The van der Waals surface area contributed by atoms with Crippen LogP contribution in [0.1, 0.15) is 27.6 Å². The lowest BCUT2D eigenvalue weighted by Crippen LogP contribution is -2.11. The molecule has 0 fully saturated rings. The Balaban J connectivity index is 1.75. The molecule has 0 unspecified atom stereocenters. The number of carbonyl (C=O) groups excluding carboxylic acids is 2. The van der Waals surface area contributed by atoms with Crippen molar-refractivity contribution in [3.63, 3.8) is 0 Å². The zero-order valence-electron chi connectivity index (χ0n) is 15.1. The van der Waals surface area contributed by atoms with Crippen molar-refractivity contribution in [2.45, 2.75) is 6.92 Å². The van der Waals surface area contributed by atoms with Crippen molar-refractivity contribution in [2.75, 3.05) is 12.4 Å². The highest BCUT2D eigenvalue weighted by atomic mass is 16.5. The van der Waals surface area contributed by atoms with Gasteiger partial charge in [-0.15, -0.1) is 0 Å². The van der Waals surface area contributed by atoms with E-state index < -0.39 is 0 Å². The normalized spacial score (nSPS) is 10.1. The number of benzene rings is 3. The Morgan fingerprint density at radius 2 is 1.52 bits per heavy atom. The maximum absolute atomic E-state index is 12.2. The fraction of sp³-hybridized carbons (Fsp3) is 0.0909. The van der Waals surface area contributed by atoms with Crippen LogP contribution in [0.15, 0.2) is 72.8 Å². The molecule has 0 spiro atoms. The molecule has 3 rings (SSSR count). The molecule has 1 amide bonds. The molecule has 0 saturated carbocycles. The second-order valence-corrected chi connectivity index (χ2v) is 5.86. The number of carbonyl (C=O) groups is 2.